The minimum absolute atomic E-state index is 0.160. The minimum atomic E-state index is -0.938. The van der Waals surface area contributed by atoms with Crippen molar-refractivity contribution in [3.05, 3.63) is 40.7 Å². The average molecular weight is 252 g/mol. The first-order chi connectivity index (χ1) is 8.06. The molecule has 2 rings (SSSR count). The smallest absolute Gasteiger partial charge is 0.311 e. The number of hydrogen-bond donors (Lipinski definition) is 1. The summed E-state index contributed by atoms with van der Waals surface area (Å²) in [6.07, 6.45) is -0.160. The lowest BCUT2D eigenvalue weighted by molar-refractivity contribution is -0.136. The SMILES string of the molecule is Cc1nc(-c2ccc(Cl)cc2)oc1CC(=O)O. The first-order valence-electron chi connectivity index (χ1n) is 5.00. The fraction of sp³-hybridized carbons (Fsp3) is 0.167. The number of rotatable bonds is 3. The molecule has 2 aromatic rings. The third kappa shape index (κ3) is 2.65. The summed E-state index contributed by atoms with van der Waals surface area (Å²) < 4.78 is 5.42. The molecule has 0 fully saturated rings. The maximum absolute atomic E-state index is 10.6. The molecular weight excluding hydrogens is 242 g/mol. The van der Waals surface area contributed by atoms with Crippen molar-refractivity contribution < 1.29 is 14.3 Å². The highest BCUT2D eigenvalue weighted by Crippen LogP contribution is 2.23. The van der Waals surface area contributed by atoms with Crippen LogP contribution in [0.15, 0.2) is 28.7 Å². The van der Waals surface area contributed by atoms with E-state index in [9.17, 15) is 4.79 Å². The van der Waals surface area contributed by atoms with Crippen molar-refractivity contribution in [2.75, 3.05) is 0 Å². The molecule has 17 heavy (non-hydrogen) atoms. The maximum atomic E-state index is 10.6. The van der Waals surface area contributed by atoms with Crippen LogP contribution in [0.4, 0.5) is 0 Å². The maximum Gasteiger partial charge on any atom is 0.311 e. The molecule has 0 saturated carbocycles. The van der Waals surface area contributed by atoms with Gasteiger partial charge in [-0.25, -0.2) is 4.98 Å². The molecule has 0 atom stereocenters. The molecule has 4 nitrogen and oxygen atoms in total. The number of aromatic nitrogens is 1. The van der Waals surface area contributed by atoms with Crippen LogP contribution in [0.25, 0.3) is 11.5 Å². The molecule has 0 unspecified atom stereocenters. The summed E-state index contributed by atoms with van der Waals surface area (Å²) in [5.41, 5.74) is 1.37. The number of oxazole rings is 1. The van der Waals surface area contributed by atoms with Crippen LogP contribution in [0.1, 0.15) is 11.5 Å². The van der Waals surface area contributed by atoms with E-state index in [0.29, 0.717) is 22.4 Å². The van der Waals surface area contributed by atoms with Crippen molar-refractivity contribution in [2.24, 2.45) is 0 Å². The van der Waals surface area contributed by atoms with E-state index >= 15 is 0 Å². The molecule has 5 heteroatoms. The van der Waals surface area contributed by atoms with Gasteiger partial charge < -0.3 is 9.52 Å². The second-order valence-electron chi connectivity index (χ2n) is 3.61. The lowest BCUT2D eigenvalue weighted by Gasteiger charge is -1.95. The molecule has 88 valence electrons. The van der Waals surface area contributed by atoms with Crippen LogP contribution < -0.4 is 0 Å². The quantitative estimate of drug-likeness (QED) is 0.911. The predicted octanol–water partition coefficient (Wildman–Crippen LogP) is 2.93. The molecule has 0 spiro atoms. The van der Waals surface area contributed by atoms with Gasteiger partial charge >= 0.3 is 5.97 Å². The summed E-state index contributed by atoms with van der Waals surface area (Å²) in [5.74, 6) is -0.148. The van der Waals surface area contributed by atoms with E-state index in [1.807, 2.05) is 0 Å². The van der Waals surface area contributed by atoms with Crippen LogP contribution >= 0.6 is 11.6 Å². The van der Waals surface area contributed by atoms with E-state index in [4.69, 9.17) is 21.1 Å². The Labute approximate surface area is 103 Å². The van der Waals surface area contributed by atoms with Gasteiger partial charge in [0.25, 0.3) is 0 Å². The number of benzene rings is 1. The number of aliphatic carboxylic acids is 1. The summed E-state index contributed by atoms with van der Waals surface area (Å²) in [6, 6.07) is 7.01. The lowest BCUT2D eigenvalue weighted by atomic mass is 10.2. The Morgan fingerprint density at radius 2 is 2.06 bits per heavy atom. The topological polar surface area (TPSA) is 63.3 Å². The Bertz CT molecular complexity index is 545. The van der Waals surface area contributed by atoms with Crippen LogP contribution in [-0.4, -0.2) is 16.1 Å². The Morgan fingerprint density at radius 3 is 2.65 bits per heavy atom. The Morgan fingerprint density at radius 1 is 1.41 bits per heavy atom. The second kappa shape index (κ2) is 4.59. The van der Waals surface area contributed by atoms with Crippen LogP contribution in [0.5, 0.6) is 0 Å². The summed E-state index contributed by atoms with van der Waals surface area (Å²) in [5, 5.41) is 9.33. The first-order valence-corrected chi connectivity index (χ1v) is 5.38. The molecule has 0 aliphatic heterocycles. The van der Waals surface area contributed by atoms with Gasteiger partial charge in [0.2, 0.25) is 5.89 Å². The van der Waals surface area contributed by atoms with Crippen molar-refractivity contribution >= 4 is 17.6 Å². The molecule has 1 heterocycles. The largest absolute Gasteiger partial charge is 0.481 e. The second-order valence-corrected chi connectivity index (χ2v) is 4.04. The standard InChI is InChI=1S/C12H10ClNO3/c1-7-10(6-11(15)16)17-12(14-7)8-2-4-9(13)5-3-8/h2-5H,6H2,1H3,(H,15,16). The summed E-state index contributed by atoms with van der Waals surface area (Å²) in [4.78, 5) is 14.8. The number of nitrogens with zero attached hydrogens (tertiary/aromatic N) is 1. The normalized spacial score (nSPS) is 10.5. The highest BCUT2D eigenvalue weighted by Gasteiger charge is 2.13. The Hall–Kier alpha value is -1.81. The third-order valence-electron chi connectivity index (χ3n) is 2.30. The summed E-state index contributed by atoms with van der Waals surface area (Å²) in [6.45, 7) is 1.72. The van der Waals surface area contributed by atoms with E-state index in [1.54, 1.807) is 31.2 Å². The Balaban J connectivity index is 2.34. The zero-order valence-electron chi connectivity index (χ0n) is 9.11. The van der Waals surface area contributed by atoms with E-state index in [-0.39, 0.29) is 6.42 Å². The van der Waals surface area contributed by atoms with Crippen LogP contribution in [0.2, 0.25) is 5.02 Å². The van der Waals surface area contributed by atoms with Crippen molar-refractivity contribution in [3.63, 3.8) is 0 Å². The van der Waals surface area contributed by atoms with Crippen molar-refractivity contribution in [1.29, 1.82) is 0 Å². The highest BCUT2D eigenvalue weighted by molar-refractivity contribution is 6.30. The molecular formula is C12H10ClNO3. The van der Waals surface area contributed by atoms with Gasteiger partial charge in [0.1, 0.15) is 12.2 Å². The molecule has 0 amide bonds. The molecule has 1 aromatic heterocycles. The van der Waals surface area contributed by atoms with Gasteiger partial charge in [0.05, 0.1) is 5.69 Å². The molecule has 1 aromatic carbocycles. The zero-order chi connectivity index (χ0) is 12.4. The van der Waals surface area contributed by atoms with E-state index in [2.05, 4.69) is 4.98 Å². The number of carboxylic acids is 1. The van der Waals surface area contributed by atoms with Gasteiger partial charge in [0.15, 0.2) is 0 Å². The first kappa shape index (κ1) is 11.7. The zero-order valence-corrected chi connectivity index (χ0v) is 9.86. The van der Waals surface area contributed by atoms with Crippen LogP contribution in [-0.2, 0) is 11.2 Å². The van der Waals surface area contributed by atoms with Gasteiger partial charge in [-0.1, -0.05) is 11.6 Å². The van der Waals surface area contributed by atoms with Crippen molar-refractivity contribution in [1.82, 2.24) is 4.98 Å². The lowest BCUT2D eigenvalue weighted by Crippen LogP contribution is -1.99. The van der Waals surface area contributed by atoms with Gasteiger partial charge in [-0.2, -0.15) is 0 Å². The summed E-state index contributed by atoms with van der Waals surface area (Å²) in [7, 11) is 0. The molecule has 0 saturated heterocycles. The summed E-state index contributed by atoms with van der Waals surface area (Å²) >= 11 is 5.78. The molecule has 1 N–H and O–H groups in total. The number of hydrogen-bond acceptors (Lipinski definition) is 3. The van der Waals surface area contributed by atoms with Gasteiger partial charge in [0, 0.05) is 10.6 Å². The van der Waals surface area contributed by atoms with E-state index in [1.165, 1.54) is 0 Å². The van der Waals surface area contributed by atoms with Crippen LogP contribution in [0.3, 0.4) is 0 Å². The monoisotopic (exact) mass is 251 g/mol. The van der Waals surface area contributed by atoms with Crippen molar-refractivity contribution in [3.8, 4) is 11.5 Å². The number of carboxylic acid groups (broad SMARTS) is 1. The molecule has 0 aliphatic carbocycles. The molecule has 0 radical (unpaired) electrons. The number of carbonyl (C=O) groups is 1. The number of aryl methyl sites for hydroxylation is 1. The fourth-order valence-corrected chi connectivity index (χ4v) is 1.57. The van der Waals surface area contributed by atoms with Gasteiger partial charge in [-0.15, -0.1) is 0 Å². The highest BCUT2D eigenvalue weighted by atomic mass is 35.5. The van der Waals surface area contributed by atoms with Crippen LogP contribution in [0, 0.1) is 6.92 Å². The minimum Gasteiger partial charge on any atom is -0.481 e. The Kier molecular flexibility index (Phi) is 3.15. The molecule has 0 aliphatic rings. The fourth-order valence-electron chi connectivity index (χ4n) is 1.45. The van der Waals surface area contributed by atoms with E-state index < -0.39 is 5.97 Å². The van der Waals surface area contributed by atoms with E-state index in [0.717, 1.165) is 5.56 Å². The predicted molar refractivity (Wildman–Crippen MR) is 63.0 cm³/mol. The average Bonchev–Trinajstić information content (AvgIpc) is 2.60. The van der Waals surface area contributed by atoms with Gasteiger partial charge in [-0.3, -0.25) is 4.79 Å². The van der Waals surface area contributed by atoms with Gasteiger partial charge in [-0.05, 0) is 31.2 Å². The molecule has 0 bridgehead atoms. The third-order valence-corrected chi connectivity index (χ3v) is 2.55. The van der Waals surface area contributed by atoms with Crippen molar-refractivity contribution in [2.45, 2.75) is 13.3 Å². The number of halogens is 1.